The van der Waals surface area contributed by atoms with Gasteiger partial charge in [0.25, 0.3) is 0 Å². The van der Waals surface area contributed by atoms with Crippen molar-refractivity contribution in [3.8, 4) is 23.1 Å². The van der Waals surface area contributed by atoms with Crippen molar-refractivity contribution in [3.63, 3.8) is 0 Å². The van der Waals surface area contributed by atoms with Gasteiger partial charge in [0.15, 0.2) is 11.6 Å². The van der Waals surface area contributed by atoms with Crippen molar-refractivity contribution in [2.75, 3.05) is 12.4 Å². The zero-order valence-corrected chi connectivity index (χ0v) is 14.5. The Bertz CT molecular complexity index is 991. The highest BCUT2D eigenvalue weighted by atomic mass is 32.1. The maximum Gasteiger partial charge on any atom is 0.160 e. The van der Waals surface area contributed by atoms with Gasteiger partial charge in [0.05, 0.1) is 12.8 Å². The van der Waals surface area contributed by atoms with E-state index >= 15 is 0 Å². The number of thiazole rings is 1. The first kappa shape index (κ1) is 17.6. The summed E-state index contributed by atoms with van der Waals surface area (Å²) in [5, 5.41) is 14.5. The fourth-order valence-electron chi connectivity index (χ4n) is 2.18. The highest BCUT2D eigenvalue weighted by molar-refractivity contribution is 7.11. The van der Waals surface area contributed by atoms with Crippen molar-refractivity contribution in [2.24, 2.45) is 0 Å². The Kier molecular flexibility index (Phi) is 5.25. The van der Waals surface area contributed by atoms with Gasteiger partial charge in [-0.05, 0) is 36.4 Å². The van der Waals surface area contributed by atoms with Crippen LogP contribution in [0, 0.1) is 23.0 Å². The maximum absolute atomic E-state index is 13.2. The lowest BCUT2D eigenvalue weighted by atomic mass is 10.2. The number of anilines is 1. The number of nitrogens with one attached hydrogen (secondary N) is 1. The van der Waals surface area contributed by atoms with Crippen molar-refractivity contribution in [3.05, 3.63) is 70.7 Å². The molecule has 0 aliphatic heterocycles. The lowest BCUT2D eigenvalue weighted by molar-refractivity contribution is 0.415. The maximum atomic E-state index is 13.2. The number of benzene rings is 2. The standard InChI is InChI=1S/C19H13F2N3OS/c1-25-15-5-2-12(3-6-15)18-11-26-19(24-18)13(9-22)10-23-14-4-7-16(20)17(21)8-14/h2-8,10-11,23H,1H3/b13-10+. The molecule has 0 bridgehead atoms. The summed E-state index contributed by atoms with van der Waals surface area (Å²) in [6.45, 7) is 0. The number of halogens is 2. The second-order valence-corrected chi connectivity index (χ2v) is 6.07. The van der Waals surface area contributed by atoms with E-state index in [1.54, 1.807) is 7.11 Å². The molecule has 2 aromatic carbocycles. The minimum atomic E-state index is -0.960. The molecular weight excluding hydrogens is 356 g/mol. The van der Waals surface area contributed by atoms with E-state index in [1.807, 2.05) is 29.6 Å². The number of nitriles is 1. The molecular formula is C19H13F2N3OS. The lowest BCUT2D eigenvalue weighted by Gasteiger charge is -2.02. The summed E-state index contributed by atoms with van der Waals surface area (Å²) in [6.07, 6.45) is 1.42. The van der Waals surface area contributed by atoms with Crippen molar-refractivity contribution < 1.29 is 13.5 Å². The van der Waals surface area contributed by atoms with Crippen molar-refractivity contribution in [1.82, 2.24) is 4.98 Å². The molecule has 0 aliphatic carbocycles. The number of ether oxygens (including phenoxy) is 1. The molecule has 0 radical (unpaired) electrons. The van der Waals surface area contributed by atoms with Crippen molar-refractivity contribution in [2.45, 2.75) is 0 Å². The fraction of sp³-hybridized carbons (Fsp3) is 0.0526. The Labute approximate surface area is 153 Å². The predicted molar refractivity (Wildman–Crippen MR) is 97.7 cm³/mol. The topological polar surface area (TPSA) is 57.9 Å². The SMILES string of the molecule is COc1ccc(-c2csc(/C(C#N)=C/Nc3ccc(F)c(F)c3)n2)cc1. The van der Waals surface area contributed by atoms with E-state index in [9.17, 15) is 14.0 Å². The van der Waals surface area contributed by atoms with Crippen molar-refractivity contribution in [1.29, 1.82) is 5.26 Å². The minimum absolute atomic E-state index is 0.291. The summed E-state index contributed by atoms with van der Waals surface area (Å²) in [6, 6.07) is 12.9. The van der Waals surface area contributed by atoms with Gasteiger partial charge in [0, 0.05) is 28.9 Å². The smallest absolute Gasteiger partial charge is 0.160 e. The summed E-state index contributed by atoms with van der Waals surface area (Å²) in [4.78, 5) is 4.46. The summed E-state index contributed by atoms with van der Waals surface area (Å²) in [7, 11) is 1.60. The van der Waals surface area contributed by atoms with E-state index in [0.29, 0.717) is 16.3 Å². The van der Waals surface area contributed by atoms with Gasteiger partial charge in [0.2, 0.25) is 0 Å². The fourth-order valence-corrected chi connectivity index (χ4v) is 2.97. The Morgan fingerprint density at radius 2 is 1.96 bits per heavy atom. The van der Waals surface area contributed by atoms with Gasteiger partial charge in [-0.3, -0.25) is 0 Å². The molecule has 130 valence electrons. The predicted octanol–water partition coefficient (Wildman–Crippen LogP) is 5.07. The molecule has 0 atom stereocenters. The number of hydrogen-bond donors (Lipinski definition) is 1. The molecule has 3 rings (SSSR count). The molecule has 0 unspecified atom stereocenters. The molecule has 26 heavy (non-hydrogen) atoms. The van der Waals surface area contributed by atoms with E-state index in [2.05, 4.69) is 16.4 Å². The number of rotatable bonds is 5. The Morgan fingerprint density at radius 1 is 1.19 bits per heavy atom. The summed E-state index contributed by atoms with van der Waals surface area (Å²) in [5.74, 6) is -1.14. The molecule has 1 N–H and O–H groups in total. The van der Waals surface area contributed by atoms with Crippen LogP contribution in [-0.2, 0) is 0 Å². The first-order valence-corrected chi connectivity index (χ1v) is 8.41. The van der Waals surface area contributed by atoms with Crippen LogP contribution in [0.25, 0.3) is 16.8 Å². The number of allylic oxidation sites excluding steroid dienone is 1. The summed E-state index contributed by atoms with van der Waals surface area (Å²) in [5.41, 5.74) is 2.27. The number of hydrogen-bond acceptors (Lipinski definition) is 5. The molecule has 0 saturated carbocycles. The van der Waals surface area contributed by atoms with Crippen LogP contribution < -0.4 is 10.1 Å². The van der Waals surface area contributed by atoms with E-state index < -0.39 is 11.6 Å². The molecule has 3 aromatic rings. The third-order valence-corrected chi connectivity index (χ3v) is 4.42. The molecule has 0 fully saturated rings. The summed E-state index contributed by atoms with van der Waals surface area (Å²) >= 11 is 1.32. The molecule has 1 aromatic heterocycles. The van der Waals surface area contributed by atoms with E-state index in [1.165, 1.54) is 23.6 Å². The van der Waals surface area contributed by atoms with Crippen LogP contribution >= 0.6 is 11.3 Å². The van der Waals surface area contributed by atoms with Crippen LogP contribution in [0.5, 0.6) is 5.75 Å². The van der Waals surface area contributed by atoms with E-state index in [4.69, 9.17) is 4.74 Å². The Balaban J connectivity index is 1.81. The van der Waals surface area contributed by atoms with Crippen LogP contribution in [0.3, 0.4) is 0 Å². The molecule has 0 aliphatic rings. The van der Waals surface area contributed by atoms with E-state index in [0.717, 1.165) is 29.1 Å². The molecule has 0 saturated heterocycles. The van der Waals surface area contributed by atoms with Gasteiger partial charge >= 0.3 is 0 Å². The van der Waals surface area contributed by atoms with Crippen LogP contribution in [0.15, 0.2) is 54.0 Å². The monoisotopic (exact) mass is 369 g/mol. The van der Waals surface area contributed by atoms with Gasteiger partial charge in [0.1, 0.15) is 22.4 Å². The molecule has 0 spiro atoms. The minimum Gasteiger partial charge on any atom is -0.497 e. The van der Waals surface area contributed by atoms with Crippen LogP contribution in [-0.4, -0.2) is 12.1 Å². The van der Waals surface area contributed by atoms with Crippen molar-refractivity contribution >= 4 is 22.6 Å². The average molecular weight is 369 g/mol. The average Bonchev–Trinajstić information content (AvgIpc) is 3.15. The van der Waals surface area contributed by atoms with Gasteiger partial charge in [-0.25, -0.2) is 13.8 Å². The zero-order chi connectivity index (χ0) is 18.5. The second kappa shape index (κ2) is 7.76. The Hall–Kier alpha value is -3.24. The number of aromatic nitrogens is 1. The quantitative estimate of drug-likeness (QED) is 0.638. The third kappa shape index (κ3) is 3.87. The molecule has 4 nitrogen and oxygen atoms in total. The van der Waals surface area contributed by atoms with Crippen LogP contribution in [0.2, 0.25) is 0 Å². The normalized spacial score (nSPS) is 11.1. The highest BCUT2D eigenvalue weighted by Crippen LogP contribution is 2.27. The zero-order valence-electron chi connectivity index (χ0n) is 13.7. The first-order chi connectivity index (χ1) is 12.6. The second-order valence-electron chi connectivity index (χ2n) is 5.21. The molecule has 1 heterocycles. The summed E-state index contributed by atoms with van der Waals surface area (Å²) < 4.78 is 31.3. The van der Waals surface area contributed by atoms with E-state index in [-0.39, 0.29) is 0 Å². The molecule has 0 amide bonds. The number of nitrogens with zero attached hydrogens (tertiary/aromatic N) is 2. The first-order valence-electron chi connectivity index (χ1n) is 7.53. The van der Waals surface area contributed by atoms with Crippen LogP contribution in [0.1, 0.15) is 5.01 Å². The highest BCUT2D eigenvalue weighted by Gasteiger charge is 2.09. The van der Waals surface area contributed by atoms with Gasteiger partial charge in [-0.2, -0.15) is 5.26 Å². The van der Waals surface area contributed by atoms with Gasteiger partial charge < -0.3 is 10.1 Å². The Morgan fingerprint density at radius 3 is 2.62 bits per heavy atom. The van der Waals surface area contributed by atoms with Gasteiger partial charge in [-0.15, -0.1) is 11.3 Å². The lowest BCUT2D eigenvalue weighted by Crippen LogP contribution is -1.93. The van der Waals surface area contributed by atoms with Gasteiger partial charge in [-0.1, -0.05) is 0 Å². The van der Waals surface area contributed by atoms with Crippen LogP contribution in [0.4, 0.5) is 14.5 Å². The molecule has 7 heteroatoms. The largest absolute Gasteiger partial charge is 0.497 e. The third-order valence-electron chi connectivity index (χ3n) is 3.54. The number of methoxy groups -OCH3 is 1.